The van der Waals surface area contributed by atoms with Crippen molar-refractivity contribution in [3.63, 3.8) is 0 Å². The van der Waals surface area contributed by atoms with Crippen molar-refractivity contribution < 1.29 is 14.4 Å². The molecular weight excluding hydrogens is 222 g/mol. The van der Waals surface area contributed by atoms with Gasteiger partial charge in [0.05, 0.1) is 12.5 Å². The molecular formula is C11H17N3O3. The Bertz CT molecular complexity index is 391. The third-order valence-corrected chi connectivity index (χ3v) is 3.11. The number of carbonyl (C=O) groups is 1. The molecule has 1 aromatic heterocycles. The smallest absolute Gasteiger partial charge is 0.303 e. The molecule has 0 bridgehead atoms. The molecule has 0 amide bonds. The zero-order valence-corrected chi connectivity index (χ0v) is 9.93. The Morgan fingerprint density at radius 2 is 2.41 bits per heavy atom. The van der Waals surface area contributed by atoms with Crippen LogP contribution in [0.3, 0.4) is 0 Å². The molecule has 94 valence electrons. The van der Waals surface area contributed by atoms with E-state index in [1.807, 2.05) is 0 Å². The van der Waals surface area contributed by atoms with Gasteiger partial charge < -0.3 is 9.63 Å². The Morgan fingerprint density at radius 1 is 1.59 bits per heavy atom. The predicted octanol–water partition coefficient (Wildman–Crippen LogP) is 1.24. The minimum atomic E-state index is -0.848. The molecule has 1 unspecified atom stereocenters. The number of likely N-dealkylation sites (tertiary alicyclic amines) is 1. The molecule has 17 heavy (non-hydrogen) atoms. The van der Waals surface area contributed by atoms with Crippen molar-refractivity contribution >= 4 is 5.97 Å². The highest BCUT2D eigenvalue weighted by molar-refractivity contribution is 5.66. The third-order valence-electron chi connectivity index (χ3n) is 3.11. The molecule has 0 radical (unpaired) electrons. The number of hydrogen-bond donors (Lipinski definition) is 1. The Hall–Kier alpha value is -1.43. The highest BCUT2D eigenvalue weighted by atomic mass is 16.5. The fourth-order valence-electron chi connectivity index (χ4n) is 2.12. The Morgan fingerprint density at radius 3 is 3.12 bits per heavy atom. The molecule has 2 heterocycles. The molecule has 1 aromatic rings. The Kier molecular flexibility index (Phi) is 3.73. The number of rotatable bonds is 4. The van der Waals surface area contributed by atoms with Gasteiger partial charge in [0, 0.05) is 6.42 Å². The normalized spacial score (nSPS) is 21.6. The van der Waals surface area contributed by atoms with Crippen molar-refractivity contribution in [1.82, 2.24) is 15.0 Å². The average molecular weight is 239 g/mol. The first-order chi connectivity index (χ1) is 8.16. The van der Waals surface area contributed by atoms with E-state index >= 15 is 0 Å². The predicted molar refractivity (Wildman–Crippen MR) is 59.5 cm³/mol. The van der Waals surface area contributed by atoms with Crippen LogP contribution >= 0.6 is 0 Å². The van der Waals surface area contributed by atoms with E-state index in [0.29, 0.717) is 18.1 Å². The van der Waals surface area contributed by atoms with E-state index in [-0.39, 0.29) is 12.5 Å². The van der Waals surface area contributed by atoms with Crippen molar-refractivity contribution in [2.45, 2.75) is 38.1 Å². The molecule has 1 N–H and O–H groups in total. The van der Waals surface area contributed by atoms with E-state index < -0.39 is 5.97 Å². The van der Waals surface area contributed by atoms with Gasteiger partial charge in [0.1, 0.15) is 0 Å². The van der Waals surface area contributed by atoms with Crippen molar-refractivity contribution in [1.29, 1.82) is 0 Å². The first kappa shape index (κ1) is 12.0. The van der Waals surface area contributed by atoms with E-state index in [4.69, 9.17) is 9.63 Å². The molecule has 1 aliphatic heterocycles. The van der Waals surface area contributed by atoms with Gasteiger partial charge in [-0.15, -0.1) is 0 Å². The summed E-state index contributed by atoms with van der Waals surface area (Å²) in [6.45, 7) is 1.05. The van der Waals surface area contributed by atoms with Gasteiger partial charge in [-0.1, -0.05) is 11.6 Å². The van der Waals surface area contributed by atoms with Gasteiger partial charge in [0.25, 0.3) is 0 Å². The van der Waals surface area contributed by atoms with E-state index in [2.05, 4.69) is 22.1 Å². The second kappa shape index (κ2) is 5.27. The van der Waals surface area contributed by atoms with Gasteiger partial charge in [-0.3, -0.25) is 9.69 Å². The lowest BCUT2D eigenvalue weighted by Gasteiger charge is -2.29. The first-order valence-corrected chi connectivity index (χ1v) is 5.91. The summed E-state index contributed by atoms with van der Waals surface area (Å²) in [6.07, 6.45) is 3.75. The van der Waals surface area contributed by atoms with Crippen molar-refractivity contribution in [3.05, 3.63) is 11.7 Å². The second-order valence-electron chi connectivity index (χ2n) is 4.43. The standard InChI is InChI=1S/C11H17N3O3/c1-14-7-3-2-4-8(14)11-12-9(17-13-11)5-6-10(15)16/h8H,2-7H2,1H3,(H,15,16). The largest absolute Gasteiger partial charge is 0.481 e. The number of piperidine rings is 1. The lowest BCUT2D eigenvalue weighted by molar-refractivity contribution is -0.137. The monoisotopic (exact) mass is 239 g/mol. The lowest BCUT2D eigenvalue weighted by atomic mass is 10.0. The molecule has 1 aliphatic rings. The molecule has 0 aromatic carbocycles. The molecule has 0 spiro atoms. The first-order valence-electron chi connectivity index (χ1n) is 5.91. The van der Waals surface area contributed by atoms with E-state index in [0.717, 1.165) is 13.0 Å². The topological polar surface area (TPSA) is 79.5 Å². The molecule has 1 fully saturated rings. The highest BCUT2D eigenvalue weighted by Gasteiger charge is 2.25. The number of aromatic nitrogens is 2. The SMILES string of the molecule is CN1CCCCC1c1noc(CCC(=O)O)n1. The summed E-state index contributed by atoms with van der Waals surface area (Å²) >= 11 is 0. The summed E-state index contributed by atoms with van der Waals surface area (Å²) in [5.74, 6) is 0.258. The van der Waals surface area contributed by atoms with Gasteiger partial charge in [0.15, 0.2) is 5.82 Å². The molecule has 2 rings (SSSR count). The molecule has 1 saturated heterocycles. The zero-order valence-electron chi connectivity index (χ0n) is 9.93. The number of nitrogens with zero attached hydrogens (tertiary/aromatic N) is 3. The summed E-state index contributed by atoms with van der Waals surface area (Å²) in [5.41, 5.74) is 0. The van der Waals surface area contributed by atoms with Crippen LogP contribution in [-0.2, 0) is 11.2 Å². The van der Waals surface area contributed by atoms with E-state index in [1.165, 1.54) is 12.8 Å². The summed E-state index contributed by atoms with van der Waals surface area (Å²) in [5, 5.41) is 12.5. The quantitative estimate of drug-likeness (QED) is 0.851. The van der Waals surface area contributed by atoms with E-state index in [1.54, 1.807) is 0 Å². The number of aryl methyl sites for hydroxylation is 1. The summed E-state index contributed by atoms with van der Waals surface area (Å²) in [7, 11) is 2.05. The van der Waals surface area contributed by atoms with Gasteiger partial charge in [-0.25, -0.2) is 0 Å². The summed E-state index contributed by atoms with van der Waals surface area (Å²) in [4.78, 5) is 16.9. The summed E-state index contributed by atoms with van der Waals surface area (Å²) < 4.78 is 5.07. The van der Waals surface area contributed by atoms with Gasteiger partial charge in [0.2, 0.25) is 5.89 Å². The van der Waals surface area contributed by atoms with Crippen LogP contribution in [0.25, 0.3) is 0 Å². The minimum absolute atomic E-state index is 0.0299. The van der Waals surface area contributed by atoms with Gasteiger partial charge in [-0.05, 0) is 26.4 Å². The fraction of sp³-hybridized carbons (Fsp3) is 0.727. The van der Waals surface area contributed by atoms with Crippen LogP contribution in [0.15, 0.2) is 4.52 Å². The Balaban J connectivity index is 1.99. The third kappa shape index (κ3) is 3.03. The molecule has 6 heteroatoms. The van der Waals surface area contributed by atoms with Crippen LogP contribution in [0, 0.1) is 0 Å². The fourth-order valence-corrected chi connectivity index (χ4v) is 2.12. The van der Waals surface area contributed by atoms with Crippen LogP contribution < -0.4 is 0 Å². The van der Waals surface area contributed by atoms with Gasteiger partial charge >= 0.3 is 5.97 Å². The molecule has 0 saturated carbocycles. The lowest BCUT2D eigenvalue weighted by Crippen LogP contribution is -2.30. The zero-order chi connectivity index (χ0) is 12.3. The molecule has 1 atom stereocenters. The number of carboxylic acid groups (broad SMARTS) is 1. The van der Waals surface area contributed by atoms with Crippen molar-refractivity contribution in [2.75, 3.05) is 13.6 Å². The number of carboxylic acids is 1. The maximum atomic E-state index is 10.4. The minimum Gasteiger partial charge on any atom is -0.481 e. The van der Waals surface area contributed by atoms with Crippen molar-refractivity contribution in [2.24, 2.45) is 0 Å². The van der Waals surface area contributed by atoms with Crippen LogP contribution in [0.4, 0.5) is 0 Å². The van der Waals surface area contributed by atoms with E-state index in [9.17, 15) is 4.79 Å². The molecule has 6 nitrogen and oxygen atoms in total. The van der Waals surface area contributed by atoms with Crippen molar-refractivity contribution in [3.8, 4) is 0 Å². The highest BCUT2D eigenvalue weighted by Crippen LogP contribution is 2.27. The van der Waals surface area contributed by atoms with Crippen LogP contribution in [0.1, 0.15) is 43.4 Å². The van der Waals surface area contributed by atoms with Gasteiger partial charge in [-0.2, -0.15) is 4.98 Å². The summed E-state index contributed by atoms with van der Waals surface area (Å²) in [6, 6.07) is 0.214. The molecule has 0 aliphatic carbocycles. The van der Waals surface area contributed by atoms with Crippen LogP contribution in [-0.4, -0.2) is 39.7 Å². The number of hydrogen-bond acceptors (Lipinski definition) is 5. The maximum absolute atomic E-state index is 10.4. The Labute approximate surface area is 99.6 Å². The van der Waals surface area contributed by atoms with Crippen LogP contribution in [0.5, 0.6) is 0 Å². The van der Waals surface area contributed by atoms with Crippen LogP contribution in [0.2, 0.25) is 0 Å². The second-order valence-corrected chi connectivity index (χ2v) is 4.43. The number of aliphatic carboxylic acids is 1. The average Bonchev–Trinajstić information content (AvgIpc) is 2.75. The maximum Gasteiger partial charge on any atom is 0.303 e.